The van der Waals surface area contributed by atoms with E-state index in [1.54, 1.807) is 37.3 Å². The Morgan fingerprint density at radius 2 is 2.27 bits per heavy atom. The standard InChI is InChI=1S/C16H19N3O2S/c1-11(20)18(2)16-17-14-7-8-19(10-15(14)22-16)12-5-4-6-13(9-12)21-3/h4-6,9H,7-8,10H2,1-3H3. The van der Waals surface area contributed by atoms with Gasteiger partial charge in [0.2, 0.25) is 5.91 Å². The molecule has 0 aliphatic carbocycles. The van der Waals surface area contributed by atoms with Gasteiger partial charge in [-0.15, -0.1) is 0 Å². The van der Waals surface area contributed by atoms with E-state index in [4.69, 9.17) is 4.74 Å². The average Bonchev–Trinajstić information content (AvgIpc) is 2.97. The minimum absolute atomic E-state index is 0.00995. The number of hydrogen-bond acceptors (Lipinski definition) is 5. The summed E-state index contributed by atoms with van der Waals surface area (Å²) < 4.78 is 5.30. The SMILES string of the molecule is COc1cccc(N2CCc3nc(N(C)C(C)=O)sc3C2)c1. The van der Waals surface area contributed by atoms with Crippen LogP contribution in [0.1, 0.15) is 17.5 Å². The van der Waals surface area contributed by atoms with Gasteiger partial charge in [-0.25, -0.2) is 4.98 Å². The van der Waals surface area contributed by atoms with Crippen LogP contribution in [0.2, 0.25) is 0 Å². The number of amides is 1. The number of carbonyl (C=O) groups excluding carboxylic acids is 1. The first-order valence-electron chi connectivity index (χ1n) is 7.20. The average molecular weight is 317 g/mol. The number of thiazole rings is 1. The van der Waals surface area contributed by atoms with Gasteiger partial charge in [-0.05, 0) is 12.1 Å². The molecule has 0 saturated carbocycles. The lowest BCUT2D eigenvalue weighted by Crippen LogP contribution is -2.29. The molecule has 22 heavy (non-hydrogen) atoms. The minimum Gasteiger partial charge on any atom is -0.497 e. The van der Waals surface area contributed by atoms with E-state index in [2.05, 4.69) is 22.0 Å². The van der Waals surface area contributed by atoms with Gasteiger partial charge < -0.3 is 9.64 Å². The first-order chi connectivity index (χ1) is 10.6. The highest BCUT2D eigenvalue weighted by Gasteiger charge is 2.23. The summed E-state index contributed by atoms with van der Waals surface area (Å²) in [6, 6.07) is 8.10. The Bertz CT molecular complexity index is 698. The van der Waals surface area contributed by atoms with Crippen LogP contribution >= 0.6 is 11.3 Å². The molecular weight excluding hydrogens is 298 g/mol. The lowest BCUT2D eigenvalue weighted by molar-refractivity contribution is -0.116. The molecular formula is C16H19N3O2S. The van der Waals surface area contributed by atoms with Gasteiger partial charge in [0.25, 0.3) is 0 Å². The molecule has 0 N–H and O–H groups in total. The van der Waals surface area contributed by atoms with Crippen molar-refractivity contribution in [2.75, 3.05) is 30.5 Å². The van der Waals surface area contributed by atoms with E-state index in [1.807, 2.05) is 12.1 Å². The maximum absolute atomic E-state index is 11.5. The van der Waals surface area contributed by atoms with Gasteiger partial charge in [-0.3, -0.25) is 9.69 Å². The number of ether oxygens (including phenoxy) is 1. The van der Waals surface area contributed by atoms with Crippen LogP contribution in [0.25, 0.3) is 0 Å². The van der Waals surface area contributed by atoms with E-state index in [0.717, 1.165) is 41.8 Å². The zero-order valence-corrected chi connectivity index (χ0v) is 13.8. The highest BCUT2D eigenvalue weighted by atomic mass is 32.1. The number of hydrogen-bond donors (Lipinski definition) is 0. The second kappa shape index (κ2) is 5.96. The third kappa shape index (κ3) is 2.78. The van der Waals surface area contributed by atoms with Crippen molar-refractivity contribution in [2.45, 2.75) is 19.9 Å². The van der Waals surface area contributed by atoms with Crippen LogP contribution in [0, 0.1) is 0 Å². The van der Waals surface area contributed by atoms with Gasteiger partial charge in [-0.1, -0.05) is 17.4 Å². The van der Waals surface area contributed by atoms with Crippen LogP contribution < -0.4 is 14.5 Å². The van der Waals surface area contributed by atoms with Gasteiger partial charge in [0.1, 0.15) is 5.75 Å². The molecule has 2 aromatic rings. The molecule has 1 aromatic carbocycles. The Labute approximate surface area is 134 Å². The topological polar surface area (TPSA) is 45.7 Å². The number of anilines is 2. The Morgan fingerprint density at radius 3 is 3.00 bits per heavy atom. The molecule has 0 unspecified atom stereocenters. The summed E-state index contributed by atoms with van der Waals surface area (Å²) in [5.74, 6) is 0.875. The van der Waals surface area contributed by atoms with E-state index in [-0.39, 0.29) is 5.91 Å². The molecule has 0 atom stereocenters. The molecule has 0 spiro atoms. The summed E-state index contributed by atoms with van der Waals surface area (Å²) in [5, 5.41) is 0.782. The second-order valence-corrected chi connectivity index (χ2v) is 6.38. The Balaban J connectivity index is 1.82. The van der Waals surface area contributed by atoms with Crippen LogP contribution in [0.15, 0.2) is 24.3 Å². The molecule has 116 valence electrons. The van der Waals surface area contributed by atoms with Crippen molar-refractivity contribution >= 4 is 28.1 Å². The van der Waals surface area contributed by atoms with Crippen LogP contribution in [-0.4, -0.2) is 31.6 Å². The molecule has 1 amide bonds. The van der Waals surface area contributed by atoms with Gasteiger partial charge >= 0.3 is 0 Å². The number of rotatable bonds is 3. The molecule has 5 nitrogen and oxygen atoms in total. The van der Waals surface area contributed by atoms with Crippen LogP contribution in [0.4, 0.5) is 10.8 Å². The largest absolute Gasteiger partial charge is 0.497 e. The first-order valence-corrected chi connectivity index (χ1v) is 8.02. The Hall–Kier alpha value is -2.08. The molecule has 2 heterocycles. The van der Waals surface area contributed by atoms with Crippen LogP contribution in [0.3, 0.4) is 0 Å². The van der Waals surface area contributed by atoms with Crippen molar-refractivity contribution in [3.8, 4) is 5.75 Å². The third-order valence-corrected chi connectivity index (χ3v) is 5.06. The summed E-state index contributed by atoms with van der Waals surface area (Å²) in [4.78, 5) is 21.3. The highest BCUT2D eigenvalue weighted by Crippen LogP contribution is 2.33. The van der Waals surface area contributed by atoms with Crippen molar-refractivity contribution in [3.63, 3.8) is 0 Å². The number of fused-ring (bicyclic) bond motifs is 1. The summed E-state index contributed by atoms with van der Waals surface area (Å²) in [6.07, 6.45) is 0.898. The van der Waals surface area contributed by atoms with Crippen molar-refractivity contribution in [3.05, 3.63) is 34.8 Å². The van der Waals surface area contributed by atoms with Crippen molar-refractivity contribution < 1.29 is 9.53 Å². The molecule has 0 bridgehead atoms. The van der Waals surface area contributed by atoms with Gasteiger partial charge in [-0.2, -0.15) is 0 Å². The lowest BCUT2D eigenvalue weighted by Gasteiger charge is -2.28. The molecule has 0 radical (unpaired) electrons. The van der Waals surface area contributed by atoms with Gasteiger partial charge in [0.15, 0.2) is 5.13 Å². The predicted octanol–water partition coefficient (Wildman–Crippen LogP) is 2.70. The summed E-state index contributed by atoms with van der Waals surface area (Å²) >= 11 is 1.60. The smallest absolute Gasteiger partial charge is 0.225 e. The molecule has 6 heteroatoms. The van der Waals surface area contributed by atoms with Crippen molar-refractivity contribution in [2.24, 2.45) is 0 Å². The number of nitrogens with zero attached hydrogens (tertiary/aromatic N) is 3. The monoisotopic (exact) mass is 317 g/mol. The zero-order valence-electron chi connectivity index (χ0n) is 13.0. The van der Waals surface area contributed by atoms with E-state index >= 15 is 0 Å². The van der Waals surface area contributed by atoms with E-state index in [1.165, 1.54) is 4.88 Å². The maximum Gasteiger partial charge on any atom is 0.225 e. The fraction of sp³-hybridized carbons (Fsp3) is 0.375. The summed E-state index contributed by atoms with van der Waals surface area (Å²) in [6.45, 7) is 3.31. The number of carbonyl (C=O) groups is 1. The summed E-state index contributed by atoms with van der Waals surface area (Å²) in [5.41, 5.74) is 2.27. The number of benzene rings is 1. The molecule has 1 aromatic heterocycles. The normalized spacial score (nSPS) is 13.7. The van der Waals surface area contributed by atoms with Gasteiger partial charge in [0, 0.05) is 43.6 Å². The highest BCUT2D eigenvalue weighted by molar-refractivity contribution is 7.16. The van der Waals surface area contributed by atoms with E-state index in [0.29, 0.717) is 0 Å². The Kier molecular flexibility index (Phi) is 4.02. The van der Waals surface area contributed by atoms with Crippen LogP contribution in [-0.2, 0) is 17.8 Å². The molecule has 0 saturated heterocycles. The molecule has 1 aliphatic rings. The number of methoxy groups -OCH3 is 1. The quantitative estimate of drug-likeness (QED) is 0.873. The second-order valence-electron chi connectivity index (χ2n) is 5.32. The van der Waals surface area contributed by atoms with Gasteiger partial charge in [0.05, 0.1) is 19.3 Å². The number of aromatic nitrogens is 1. The molecule has 1 aliphatic heterocycles. The summed E-state index contributed by atoms with van der Waals surface area (Å²) in [7, 11) is 3.45. The fourth-order valence-corrected chi connectivity index (χ4v) is 3.62. The lowest BCUT2D eigenvalue weighted by atomic mass is 10.1. The fourth-order valence-electron chi connectivity index (χ4n) is 2.49. The minimum atomic E-state index is 0.00995. The van der Waals surface area contributed by atoms with E-state index < -0.39 is 0 Å². The molecule has 3 rings (SSSR count). The Morgan fingerprint density at radius 1 is 1.45 bits per heavy atom. The predicted molar refractivity (Wildman–Crippen MR) is 88.9 cm³/mol. The zero-order chi connectivity index (χ0) is 15.7. The van der Waals surface area contributed by atoms with E-state index in [9.17, 15) is 4.79 Å². The maximum atomic E-state index is 11.5. The van der Waals surface area contributed by atoms with Crippen molar-refractivity contribution in [1.29, 1.82) is 0 Å². The molecule has 0 fully saturated rings. The first kappa shape index (κ1) is 14.8. The van der Waals surface area contributed by atoms with Crippen LogP contribution in [0.5, 0.6) is 5.75 Å². The third-order valence-electron chi connectivity index (χ3n) is 3.90. The van der Waals surface area contributed by atoms with Crippen molar-refractivity contribution in [1.82, 2.24) is 4.98 Å².